The maximum absolute atomic E-state index is 13.4. The predicted octanol–water partition coefficient (Wildman–Crippen LogP) is 4.96. The molecule has 1 aliphatic rings. The van der Waals surface area contributed by atoms with Gasteiger partial charge in [-0.15, -0.1) is 0 Å². The molecule has 1 atom stereocenters. The number of carbonyl (C=O) groups is 2. The van der Waals surface area contributed by atoms with Gasteiger partial charge in [0.2, 0.25) is 5.91 Å². The van der Waals surface area contributed by atoms with E-state index in [0.29, 0.717) is 18.7 Å². The summed E-state index contributed by atoms with van der Waals surface area (Å²) in [4.78, 5) is 28.2. The molecule has 0 unspecified atom stereocenters. The Bertz CT molecular complexity index is 1140. The average Bonchev–Trinajstić information content (AvgIpc) is 2.81. The van der Waals surface area contributed by atoms with Gasteiger partial charge in [-0.2, -0.15) is 0 Å². The van der Waals surface area contributed by atoms with Crippen molar-refractivity contribution in [3.8, 4) is 5.75 Å². The van der Waals surface area contributed by atoms with Gasteiger partial charge in [-0.25, -0.2) is 0 Å². The van der Waals surface area contributed by atoms with Crippen molar-refractivity contribution in [3.63, 3.8) is 0 Å². The van der Waals surface area contributed by atoms with Crippen molar-refractivity contribution < 1.29 is 14.3 Å². The van der Waals surface area contributed by atoms with Crippen molar-refractivity contribution in [1.82, 2.24) is 4.90 Å². The van der Waals surface area contributed by atoms with Crippen LogP contribution in [0.5, 0.6) is 5.75 Å². The highest BCUT2D eigenvalue weighted by molar-refractivity contribution is 6.08. The van der Waals surface area contributed by atoms with Crippen molar-refractivity contribution in [2.45, 2.75) is 26.7 Å². The van der Waals surface area contributed by atoms with Crippen LogP contribution in [0.3, 0.4) is 0 Å². The van der Waals surface area contributed by atoms with E-state index in [1.165, 1.54) is 0 Å². The van der Waals surface area contributed by atoms with Crippen LogP contribution in [0.25, 0.3) is 10.8 Å². The number of rotatable bonds is 4. The Morgan fingerprint density at radius 2 is 1.77 bits per heavy atom. The molecule has 1 heterocycles. The third kappa shape index (κ3) is 4.13. The minimum atomic E-state index is -0.220. The molecule has 3 aromatic carbocycles. The molecular weight excluding hydrogens is 388 g/mol. The van der Waals surface area contributed by atoms with E-state index in [1.54, 1.807) is 7.11 Å². The SMILES string of the molecule is COc1ccc(C(=O)N2CCC[C@@H](C(=O)Nc3cccc(C)c3C)C2)c2ccccc12. The van der Waals surface area contributed by atoms with Gasteiger partial charge in [-0.3, -0.25) is 9.59 Å². The Morgan fingerprint density at radius 3 is 2.55 bits per heavy atom. The van der Waals surface area contributed by atoms with Crippen molar-refractivity contribution in [3.05, 3.63) is 71.3 Å². The number of amides is 2. The first-order valence-corrected chi connectivity index (χ1v) is 10.7. The standard InChI is InChI=1S/C26H28N2O3/c1-17-8-6-12-23(18(17)2)27-25(29)19-9-7-15-28(16-19)26(30)22-13-14-24(31-3)21-11-5-4-10-20(21)22/h4-6,8,10-14,19H,7,9,15-16H2,1-3H3,(H,27,29)/t19-/m1/s1. The molecule has 0 bridgehead atoms. The number of benzene rings is 3. The van der Waals surface area contributed by atoms with E-state index in [0.717, 1.165) is 46.2 Å². The highest BCUT2D eigenvalue weighted by atomic mass is 16.5. The number of anilines is 1. The van der Waals surface area contributed by atoms with E-state index in [-0.39, 0.29) is 17.7 Å². The Kier molecular flexibility index (Phi) is 5.94. The number of nitrogens with one attached hydrogen (secondary N) is 1. The maximum atomic E-state index is 13.4. The maximum Gasteiger partial charge on any atom is 0.254 e. The van der Waals surface area contributed by atoms with E-state index in [2.05, 4.69) is 5.32 Å². The molecule has 160 valence electrons. The Labute approximate surface area is 183 Å². The molecule has 0 spiro atoms. The van der Waals surface area contributed by atoms with Gasteiger partial charge in [0.05, 0.1) is 13.0 Å². The van der Waals surface area contributed by atoms with Crippen molar-refractivity contribution >= 4 is 28.3 Å². The van der Waals surface area contributed by atoms with Crippen LogP contribution in [0.2, 0.25) is 0 Å². The van der Waals surface area contributed by atoms with Crippen molar-refractivity contribution in [2.24, 2.45) is 5.92 Å². The van der Waals surface area contributed by atoms with Gasteiger partial charge in [0, 0.05) is 29.7 Å². The number of aryl methyl sites for hydroxylation is 1. The van der Waals surface area contributed by atoms with Gasteiger partial charge in [0.25, 0.3) is 5.91 Å². The van der Waals surface area contributed by atoms with E-state index >= 15 is 0 Å². The first-order chi connectivity index (χ1) is 15.0. The lowest BCUT2D eigenvalue weighted by molar-refractivity contribution is -0.121. The summed E-state index contributed by atoms with van der Waals surface area (Å²) in [7, 11) is 1.63. The third-order valence-electron chi connectivity index (χ3n) is 6.28. The number of hydrogen-bond donors (Lipinski definition) is 1. The van der Waals surface area contributed by atoms with Gasteiger partial charge in [0.15, 0.2) is 0 Å². The second-order valence-electron chi connectivity index (χ2n) is 8.19. The minimum absolute atomic E-state index is 0.0224. The second-order valence-corrected chi connectivity index (χ2v) is 8.19. The normalized spacial score (nSPS) is 16.2. The molecular formula is C26H28N2O3. The number of fused-ring (bicyclic) bond motifs is 1. The zero-order valence-electron chi connectivity index (χ0n) is 18.3. The van der Waals surface area contributed by atoms with E-state index in [9.17, 15) is 9.59 Å². The second kappa shape index (κ2) is 8.80. The summed E-state index contributed by atoms with van der Waals surface area (Å²) >= 11 is 0. The van der Waals surface area contributed by atoms with Gasteiger partial charge in [-0.05, 0) is 61.4 Å². The summed E-state index contributed by atoms with van der Waals surface area (Å²) in [5.41, 5.74) is 3.70. The summed E-state index contributed by atoms with van der Waals surface area (Å²) in [6, 6.07) is 17.3. The number of ether oxygens (including phenoxy) is 1. The first-order valence-electron chi connectivity index (χ1n) is 10.7. The zero-order chi connectivity index (χ0) is 22.0. The number of piperidine rings is 1. The van der Waals surface area contributed by atoms with E-state index < -0.39 is 0 Å². The smallest absolute Gasteiger partial charge is 0.254 e. The summed E-state index contributed by atoms with van der Waals surface area (Å²) in [6.07, 6.45) is 1.59. The molecule has 1 N–H and O–H groups in total. The molecule has 31 heavy (non-hydrogen) atoms. The van der Waals surface area contributed by atoms with Gasteiger partial charge in [-0.1, -0.05) is 36.4 Å². The van der Waals surface area contributed by atoms with E-state index in [1.807, 2.05) is 73.3 Å². The molecule has 0 aromatic heterocycles. The number of likely N-dealkylation sites (tertiary alicyclic amines) is 1. The molecule has 1 aliphatic heterocycles. The molecule has 0 radical (unpaired) electrons. The Morgan fingerprint density at radius 1 is 1.00 bits per heavy atom. The highest BCUT2D eigenvalue weighted by Crippen LogP contribution is 2.30. The summed E-state index contributed by atoms with van der Waals surface area (Å²) in [5.74, 6) is 0.465. The van der Waals surface area contributed by atoms with Crippen LogP contribution in [0.15, 0.2) is 54.6 Å². The van der Waals surface area contributed by atoms with Crippen LogP contribution in [0, 0.1) is 19.8 Å². The van der Waals surface area contributed by atoms with Gasteiger partial charge < -0.3 is 15.0 Å². The first kappa shape index (κ1) is 20.9. The Balaban J connectivity index is 1.54. The fourth-order valence-corrected chi connectivity index (χ4v) is 4.30. The lowest BCUT2D eigenvalue weighted by Crippen LogP contribution is -2.43. The highest BCUT2D eigenvalue weighted by Gasteiger charge is 2.30. The van der Waals surface area contributed by atoms with Gasteiger partial charge >= 0.3 is 0 Å². The Hall–Kier alpha value is -3.34. The molecule has 1 fully saturated rings. The fourth-order valence-electron chi connectivity index (χ4n) is 4.30. The topological polar surface area (TPSA) is 58.6 Å². The summed E-state index contributed by atoms with van der Waals surface area (Å²) < 4.78 is 5.45. The van der Waals surface area contributed by atoms with Crippen LogP contribution >= 0.6 is 0 Å². The number of methoxy groups -OCH3 is 1. The quantitative estimate of drug-likeness (QED) is 0.654. The van der Waals surface area contributed by atoms with Crippen LogP contribution in [0.4, 0.5) is 5.69 Å². The third-order valence-corrected chi connectivity index (χ3v) is 6.28. The summed E-state index contributed by atoms with van der Waals surface area (Å²) in [5, 5.41) is 4.85. The molecule has 5 nitrogen and oxygen atoms in total. The zero-order valence-corrected chi connectivity index (χ0v) is 18.3. The summed E-state index contributed by atoms with van der Waals surface area (Å²) in [6.45, 7) is 5.13. The van der Waals surface area contributed by atoms with Gasteiger partial charge in [0.1, 0.15) is 5.75 Å². The molecule has 1 saturated heterocycles. The molecule has 2 amide bonds. The van der Waals surface area contributed by atoms with E-state index in [4.69, 9.17) is 4.74 Å². The van der Waals surface area contributed by atoms with Crippen molar-refractivity contribution in [2.75, 3.05) is 25.5 Å². The molecule has 3 aromatic rings. The van der Waals surface area contributed by atoms with Crippen LogP contribution in [-0.2, 0) is 4.79 Å². The number of carbonyl (C=O) groups excluding carboxylic acids is 2. The predicted molar refractivity (Wildman–Crippen MR) is 124 cm³/mol. The van der Waals surface area contributed by atoms with Crippen LogP contribution < -0.4 is 10.1 Å². The molecule has 4 rings (SSSR count). The number of nitrogens with zero attached hydrogens (tertiary/aromatic N) is 1. The minimum Gasteiger partial charge on any atom is -0.496 e. The average molecular weight is 417 g/mol. The fraction of sp³-hybridized carbons (Fsp3) is 0.308. The molecule has 0 saturated carbocycles. The largest absolute Gasteiger partial charge is 0.496 e. The number of hydrogen-bond acceptors (Lipinski definition) is 3. The monoisotopic (exact) mass is 416 g/mol. The molecule has 5 heteroatoms. The molecule has 0 aliphatic carbocycles. The van der Waals surface area contributed by atoms with Crippen LogP contribution in [0.1, 0.15) is 34.3 Å². The lowest BCUT2D eigenvalue weighted by atomic mass is 9.95. The lowest BCUT2D eigenvalue weighted by Gasteiger charge is -2.32. The van der Waals surface area contributed by atoms with Crippen LogP contribution in [-0.4, -0.2) is 36.9 Å². The van der Waals surface area contributed by atoms with Crippen molar-refractivity contribution in [1.29, 1.82) is 0 Å².